The minimum absolute atomic E-state index is 0.0310. The smallest absolute Gasteiger partial charge is 0.394 e. The highest BCUT2D eigenvalue weighted by molar-refractivity contribution is 6.21. The lowest BCUT2D eigenvalue weighted by molar-refractivity contribution is -0.121. The minimum atomic E-state index is -4.49. The van der Waals surface area contributed by atoms with Crippen LogP contribution in [-0.2, 0) is 4.79 Å². The zero-order valence-corrected chi connectivity index (χ0v) is 7.61. The Bertz CT molecular complexity index is 268. The number of halogens is 3. The maximum atomic E-state index is 11.8. The number of ketones is 1. The fourth-order valence-corrected chi connectivity index (χ4v) is 0.848. The van der Waals surface area contributed by atoms with Crippen molar-refractivity contribution in [1.82, 2.24) is 0 Å². The standard InChI is InChI=1S/C8H11F3N2O/c1-2-7(14)5(4-12)6(13)3-8(9,10)11/h4,13H,2-3,12H2,1H3/b5-4+,13-6?. The summed E-state index contributed by atoms with van der Waals surface area (Å²) < 4.78 is 35.5. The van der Waals surface area contributed by atoms with Gasteiger partial charge in [-0.15, -0.1) is 0 Å². The van der Waals surface area contributed by atoms with Gasteiger partial charge in [0.1, 0.15) is 0 Å². The summed E-state index contributed by atoms with van der Waals surface area (Å²) in [7, 11) is 0. The van der Waals surface area contributed by atoms with Crippen molar-refractivity contribution in [3.8, 4) is 0 Å². The van der Waals surface area contributed by atoms with E-state index >= 15 is 0 Å². The number of alkyl halides is 3. The molecule has 0 aromatic heterocycles. The monoisotopic (exact) mass is 208 g/mol. The zero-order chi connectivity index (χ0) is 11.4. The molecule has 0 rings (SSSR count). The number of nitrogens with one attached hydrogen (secondary N) is 1. The molecule has 0 saturated carbocycles. The lowest BCUT2D eigenvalue weighted by Gasteiger charge is -2.09. The van der Waals surface area contributed by atoms with Gasteiger partial charge < -0.3 is 11.1 Å². The van der Waals surface area contributed by atoms with E-state index in [1.54, 1.807) is 0 Å². The fraction of sp³-hybridized carbons (Fsp3) is 0.500. The highest BCUT2D eigenvalue weighted by Gasteiger charge is 2.31. The van der Waals surface area contributed by atoms with Crippen molar-refractivity contribution in [2.24, 2.45) is 5.73 Å². The normalized spacial score (nSPS) is 12.7. The SMILES string of the molecule is CCC(=O)/C(=C/N)C(=N)CC(F)(F)F. The van der Waals surface area contributed by atoms with Gasteiger partial charge in [-0.1, -0.05) is 6.92 Å². The number of rotatable bonds is 4. The second kappa shape index (κ2) is 4.78. The molecule has 0 aliphatic heterocycles. The lowest BCUT2D eigenvalue weighted by Crippen LogP contribution is -2.20. The number of nitrogens with two attached hydrogens (primary N) is 1. The van der Waals surface area contributed by atoms with Gasteiger partial charge >= 0.3 is 6.18 Å². The van der Waals surface area contributed by atoms with E-state index in [1.165, 1.54) is 6.92 Å². The van der Waals surface area contributed by atoms with Crippen LogP contribution in [0.1, 0.15) is 19.8 Å². The molecular formula is C8H11F3N2O. The third-order valence-electron chi connectivity index (χ3n) is 1.49. The maximum absolute atomic E-state index is 11.8. The van der Waals surface area contributed by atoms with E-state index in [0.29, 0.717) is 0 Å². The van der Waals surface area contributed by atoms with Crippen LogP contribution in [-0.4, -0.2) is 17.7 Å². The average Bonchev–Trinajstić information content (AvgIpc) is 2.01. The molecule has 6 heteroatoms. The summed E-state index contributed by atoms with van der Waals surface area (Å²) in [5.74, 6) is -0.554. The quantitative estimate of drug-likeness (QED) is 0.546. The van der Waals surface area contributed by atoms with E-state index < -0.39 is 24.1 Å². The van der Waals surface area contributed by atoms with E-state index in [-0.39, 0.29) is 12.0 Å². The number of carbonyl (C=O) groups is 1. The third-order valence-corrected chi connectivity index (χ3v) is 1.49. The van der Waals surface area contributed by atoms with E-state index in [1.807, 2.05) is 0 Å². The predicted octanol–water partition coefficient (Wildman–Crippen LogP) is 1.78. The summed E-state index contributed by atoms with van der Waals surface area (Å²) >= 11 is 0. The Morgan fingerprint density at radius 3 is 2.29 bits per heavy atom. The number of Topliss-reactive ketones (excluding diaryl/α,β-unsaturated/α-hetero) is 1. The molecule has 0 heterocycles. The van der Waals surface area contributed by atoms with Crippen molar-refractivity contribution in [2.45, 2.75) is 25.9 Å². The summed E-state index contributed by atoms with van der Waals surface area (Å²) in [6.07, 6.45) is -5.13. The van der Waals surface area contributed by atoms with Crippen LogP contribution in [0.5, 0.6) is 0 Å². The molecule has 14 heavy (non-hydrogen) atoms. The summed E-state index contributed by atoms with van der Waals surface area (Å²) in [6, 6.07) is 0. The molecule has 3 nitrogen and oxygen atoms in total. The Hall–Kier alpha value is -1.33. The number of allylic oxidation sites excluding steroid dienone is 1. The van der Waals surface area contributed by atoms with Gasteiger partial charge in [-0.25, -0.2) is 0 Å². The van der Waals surface area contributed by atoms with Crippen LogP contribution in [0.15, 0.2) is 11.8 Å². The van der Waals surface area contributed by atoms with Gasteiger partial charge in [-0.3, -0.25) is 4.79 Å². The van der Waals surface area contributed by atoms with E-state index in [9.17, 15) is 18.0 Å². The lowest BCUT2D eigenvalue weighted by atomic mass is 10.0. The molecule has 0 atom stereocenters. The van der Waals surface area contributed by atoms with Crippen LogP contribution in [0, 0.1) is 5.41 Å². The van der Waals surface area contributed by atoms with Gasteiger partial charge in [-0.2, -0.15) is 13.2 Å². The molecule has 80 valence electrons. The minimum Gasteiger partial charge on any atom is -0.404 e. The second-order valence-corrected chi connectivity index (χ2v) is 2.63. The van der Waals surface area contributed by atoms with Gasteiger partial charge in [0, 0.05) is 12.6 Å². The maximum Gasteiger partial charge on any atom is 0.394 e. The molecule has 0 spiro atoms. The Kier molecular flexibility index (Phi) is 4.33. The third kappa shape index (κ3) is 4.06. The van der Waals surface area contributed by atoms with Crippen LogP contribution in [0.2, 0.25) is 0 Å². The van der Waals surface area contributed by atoms with Crippen molar-refractivity contribution in [2.75, 3.05) is 0 Å². The summed E-state index contributed by atoms with van der Waals surface area (Å²) in [5.41, 5.74) is 3.84. The van der Waals surface area contributed by atoms with Crippen LogP contribution in [0.25, 0.3) is 0 Å². The molecule has 0 amide bonds. The first kappa shape index (κ1) is 12.7. The molecule has 0 radical (unpaired) electrons. The van der Waals surface area contributed by atoms with Gasteiger partial charge in [-0.05, 0) is 0 Å². The number of hydrogen-bond acceptors (Lipinski definition) is 3. The predicted molar refractivity (Wildman–Crippen MR) is 46.0 cm³/mol. The van der Waals surface area contributed by atoms with Gasteiger partial charge in [0.05, 0.1) is 17.7 Å². The Morgan fingerprint density at radius 1 is 1.50 bits per heavy atom. The van der Waals surface area contributed by atoms with Gasteiger partial charge in [0.25, 0.3) is 0 Å². The molecule has 0 aliphatic carbocycles. The van der Waals surface area contributed by atoms with E-state index in [4.69, 9.17) is 11.1 Å². The number of carbonyl (C=O) groups excluding carboxylic acids is 1. The molecular weight excluding hydrogens is 197 g/mol. The van der Waals surface area contributed by atoms with Crippen molar-refractivity contribution in [3.05, 3.63) is 11.8 Å². The zero-order valence-electron chi connectivity index (χ0n) is 7.61. The topological polar surface area (TPSA) is 66.9 Å². The summed E-state index contributed by atoms with van der Waals surface area (Å²) in [4.78, 5) is 11.0. The summed E-state index contributed by atoms with van der Waals surface area (Å²) in [6.45, 7) is 1.49. The largest absolute Gasteiger partial charge is 0.404 e. The summed E-state index contributed by atoms with van der Waals surface area (Å²) in [5, 5.41) is 7.05. The van der Waals surface area contributed by atoms with E-state index in [0.717, 1.165) is 6.20 Å². The van der Waals surface area contributed by atoms with Crippen LogP contribution in [0.4, 0.5) is 13.2 Å². The van der Waals surface area contributed by atoms with Crippen molar-refractivity contribution >= 4 is 11.5 Å². The second-order valence-electron chi connectivity index (χ2n) is 2.63. The first-order chi connectivity index (χ1) is 6.31. The Labute approximate surface area is 79.3 Å². The molecule has 0 unspecified atom stereocenters. The molecule has 3 N–H and O–H groups in total. The highest BCUT2D eigenvalue weighted by Crippen LogP contribution is 2.22. The first-order valence-electron chi connectivity index (χ1n) is 3.91. The van der Waals surface area contributed by atoms with Crippen LogP contribution in [0.3, 0.4) is 0 Å². The average molecular weight is 208 g/mol. The Balaban J connectivity index is 4.59. The van der Waals surface area contributed by atoms with E-state index in [2.05, 4.69) is 0 Å². The molecule has 0 aromatic carbocycles. The first-order valence-corrected chi connectivity index (χ1v) is 3.91. The number of hydrogen-bond donors (Lipinski definition) is 2. The van der Waals surface area contributed by atoms with Crippen molar-refractivity contribution in [1.29, 1.82) is 5.41 Å². The van der Waals surface area contributed by atoms with Gasteiger partial charge in [0.2, 0.25) is 0 Å². The molecule has 0 aromatic rings. The van der Waals surface area contributed by atoms with Crippen LogP contribution >= 0.6 is 0 Å². The molecule has 0 fully saturated rings. The molecule has 0 saturated heterocycles. The molecule has 0 bridgehead atoms. The van der Waals surface area contributed by atoms with Gasteiger partial charge in [0.15, 0.2) is 5.78 Å². The highest BCUT2D eigenvalue weighted by atomic mass is 19.4. The molecule has 0 aliphatic rings. The van der Waals surface area contributed by atoms with Crippen molar-refractivity contribution < 1.29 is 18.0 Å². The fourth-order valence-electron chi connectivity index (χ4n) is 0.848. The Morgan fingerprint density at radius 2 is 2.00 bits per heavy atom. The van der Waals surface area contributed by atoms with Crippen molar-refractivity contribution in [3.63, 3.8) is 0 Å². The van der Waals surface area contributed by atoms with Crippen LogP contribution < -0.4 is 5.73 Å².